The normalized spacial score (nSPS) is 14.6. The van der Waals surface area contributed by atoms with Crippen LogP contribution in [0.25, 0.3) is 10.9 Å². The number of aliphatic hydroxyl groups excluding tert-OH is 1. The molecule has 0 atom stereocenters. The van der Waals surface area contributed by atoms with Gasteiger partial charge >= 0.3 is 0 Å². The van der Waals surface area contributed by atoms with E-state index in [0.717, 1.165) is 40.9 Å². The molecule has 2 N–H and O–H groups in total. The topological polar surface area (TPSA) is 70.0 Å². The van der Waals surface area contributed by atoms with Crippen molar-refractivity contribution >= 4 is 34.1 Å². The Hall–Kier alpha value is -2.65. The van der Waals surface area contributed by atoms with Crippen LogP contribution in [0.4, 0.5) is 10.1 Å². The monoisotopic (exact) mass is 502 g/mol. The summed E-state index contributed by atoms with van der Waals surface area (Å²) in [5.41, 5.74) is 4.26. The van der Waals surface area contributed by atoms with Crippen LogP contribution in [-0.4, -0.2) is 78.4 Å². The highest BCUT2D eigenvalue weighted by molar-refractivity contribution is 6.31. The first-order chi connectivity index (χ1) is 16.9. The first-order valence-electron chi connectivity index (χ1n) is 11.8. The Labute approximate surface area is 210 Å². The van der Waals surface area contributed by atoms with Gasteiger partial charge in [0.15, 0.2) is 0 Å². The van der Waals surface area contributed by atoms with Crippen molar-refractivity contribution in [3.05, 3.63) is 64.1 Å². The summed E-state index contributed by atoms with van der Waals surface area (Å²) < 4.78 is 21.0. The SMILES string of the molecule is COCCn1c(C)cc2cc(C(=O)N3CCN(CCO)CC3)cc(NCc3ccc(F)cc3Cl)c21. The van der Waals surface area contributed by atoms with Crippen molar-refractivity contribution in [1.82, 2.24) is 14.4 Å². The number of fused-ring (bicyclic) bond motifs is 1. The number of halogens is 2. The van der Waals surface area contributed by atoms with Crippen LogP contribution in [0.2, 0.25) is 5.02 Å². The van der Waals surface area contributed by atoms with Gasteiger partial charge in [-0.25, -0.2) is 4.39 Å². The number of hydrogen-bond donors (Lipinski definition) is 2. The lowest BCUT2D eigenvalue weighted by Gasteiger charge is -2.34. The molecular formula is C26H32ClFN4O3. The zero-order chi connectivity index (χ0) is 24.9. The molecule has 1 fully saturated rings. The van der Waals surface area contributed by atoms with E-state index >= 15 is 0 Å². The molecule has 0 spiro atoms. The molecule has 188 valence electrons. The molecule has 7 nitrogen and oxygen atoms in total. The Morgan fingerprint density at radius 3 is 2.60 bits per heavy atom. The summed E-state index contributed by atoms with van der Waals surface area (Å²) in [5.74, 6) is -0.391. The lowest BCUT2D eigenvalue weighted by atomic mass is 10.1. The average molecular weight is 503 g/mol. The standard InChI is InChI=1S/C26H32ClFN4O3/c1-18-13-20-14-21(26(34)31-7-5-30(6-8-31)9-11-33)15-24(25(20)32(18)10-12-35-2)29-17-19-3-4-22(28)16-23(19)27/h3-4,13-16,29,33H,5-12,17H2,1-2H3. The summed E-state index contributed by atoms with van der Waals surface area (Å²) in [6, 6.07) is 10.3. The molecule has 2 heterocycles. The second-order valence-electron chi connectivity index (χ2n) is 8.84. The molecule has 0 saturated carbocycles. The van der Waals surface area contributed by atoms with Crippen molar-refractivity contribution in [2.45, 2.75) is 20.0 Å². The highest BCUT2D eigenvalue weighted by Crippen LogP contribution is 2.31. The number of nitrogens with one attached hydrogen (secondary N) is 1. The minimum atomic E-state index is -0.378. The molecule has 1 amide bonds. The second kappa shape index (κ2) is 11.4. The smallest absolute Gasteiger partial charge is 0.254 e. The van der Waals surface area contributed by atoms with Gasteiger partial charge in [-0.2, -0.15) is 0 Å². The van der Waals surface area contributed by atoms with Gasteiger partial charge in [0.05, 0.1) is 24.4 Å². The molecule has 3 aromatic rings. The Balaban J connectivity index is 1.65. The summed E-state index contributed by atoms with van der Waals surface area (Å²) in [4.78, 5) is 17.5. The summed E-state index contributed by atoms with van der Waals surface area (Å²) in [6.45, 7) is 7.16. The third-order valence-electron chi connectivity index (χ3n) is 6.53. The number of methoxy groups -OCH3 is 1. The molecule has 0 bridgehead atoms. The van der Waals surface area contributed by atoms with Crippen LogP contribution in [0.5, 0.6) is 0 Å². The van der Waals surface area contributed by atoms with E-state index in [0.29, 0.717) is 49.9 Å². The number of aryl methyl sites for hydroxylation is 1. The molecule has 1 saturated heterocycles. The Morgan fingerprint density at radius 2 is 1.91 bits per heavy atom. The van der Waals surface area contributed by atoms with Gasteiger partial charge < -0.3 is 24.6 Å². The zero-order valence-electron chi connectivity index (χ0n) is 20.2. The molecule has 1 aliphatic heterocycles. The fourth-order valence-electron chi connectivity index (χ4n) is 4.63. The lowest BCUT2D eigenvalue weighted by Crippen LogP contribution is -2.49. The van der Waals surface area contributed by atoms with Gasteiger partial charge in [-0.15, -0.1) is 0 Å². The van der Waals surface area contributed by atoms with Gasteiger partial charge in [-0.3, -0.25) is 9.69 Å². The van der Waals surface area contributed by atoms with Gasteiger partial charge in [0.25, 0.3) is 5.91 Å². The predicted octanol–water partition coefficient (Wildman–Crippen LogP) is 3.75. The fourth-order valence-corrected chi connectivity index (χ4v) is 4.86. The number of anilines is 1. The van der Waals surface area contributed by atoms with E-state index < -0.39 is 0 Å². The maximum Gasteiger partial charge on any atom is 0.254 e. The lowest BCUT2D eigenvalue weighted by molar-refractivity contribution is 0.0615. The number of benzene rings is 2. The first-order valence-corrected chi connectivity index (χ1v) is 12.2. The molecular weight excluding hydrogens is 471 g/mol. The number of amides is 1. The third kappa shape index (κ3) is 5.78. The molecule has 1 aliphatic rings. The van der Waals surface area contributed by atoms with Crippen molar-refractivity contribution in [2.75, 3.05) is 58.4 Å². The quantitative estimate of drug-likeness (QED) is 0.466. The van der Waals surface area contributed by atoms with Gasteiger partial charge in [-0.1, -0.05) is 17.7 Å². The molecule has 4 rings (SSSR count). The number of nitrogens with zero attached hydrogens (tertiary/aromatic N) is 3. The van der Waals surface area contributed by atoms with E-state index in [1.807, 2.05) is 24.0 Å². The molecule has 1 aromatic heterocycles. The van der Waals surface area contributed by atoms with E-state index in [9.17, 15) is 14.3 Å². The maximum absolute atomic E-state index is 13.5. The first kappa shape index (κ1) is 25.4. The number of carbonyl (C=O) groups excluding carboxylic acids is 1. The van der Waals surface area contributed by atoms with E-state index in [1.54, 1.807) is 13.2 Å². The minimum absolute atomic E-state index is 0.0132. The molecule has 9 heteroatoms. The number of rotatable bonds is 9. The number of carbonyl (C=O) groups is 1. The molecule has 0 radical (unpaired) electrons. The van der Waals surface area contributed by atoms with Crippen LogP contribution in [0.15, 0.2) is 36.4 Å². The van der Waals surface area contributed by atoms with Crippen LogP contribution in [0, 0.1) is 12.7 Å². The molecule has 35 heavy (non-hydrogen) atoms. The van der Waals surface area contributed by atoms with Crippen molar-refractivity contribution in [2.24, 2.45) is 0 Å². The van der Waals surface area contributed by atoms with Gasteiger partial charge in [0.1, 0.15) is 5.82 Å². The highest BCUT2D eigenvalue weighted by atomic mass is 35.5. The summed E-state index contributed by atoms with van der Waals surface area (Å²) >= 11 is 6.25. The predicted molar refractivity (Wildman–Crippen MR) is 137 cm³/mol. The van der Waals surface area contributed by atoms with Crippen molar-refractivity contribution in [1.29, 1.82) is 0 Å². The largest absolute Gasteiger partial charge is 0.395 e. The van der Waals surface area contributed by atoms with Gasteiger partial charge in [0, 0.05) is 74.6 Å². The zero-order valence-corrected chi connectivity index (χ0v) is 20.9. The summed E-state index contributed by atoms with van der Waals surface area (Å²) in [7, 11) is 1.67. The van der Waals surface area contributed by atoms with Gasteiger partial charge in [0.2, 0.25) is 0 Å². The third-order valence-corrected chi connectivity index (χ3v) is 6.88. The second-order valence-corrected chi connectivity index (χ2v) is 9.25. The Kier molecular flexibility index (Phi) is 8.28. The molecule has 0 unspecified atom stereocenters. The number of hydrogen-bond acceptors (Lipinski definition) is 5. The van der Waals surface area contributed by atoms with Crippen LogP contribution in [-0.2, 0) is 17.8 Å². The minimum Gasteiger partial charge on any atom is -0.395 e. The van der Waals surface area contributed by atoms with Crippen LogP contribution in [0.1, 0.15) is 21.6 Å². The van der Waals surface area contributed by atoms with Gasteiger partial charge in [-0.05, 0) is 42.8 Å². The number of aromatic nitrogens is 1. The fraction of sp³-hybridized carbons (Fsp3) is 0.423. The molecule has 0 aliphatic carbocycles. The number of ether oxygens (including phenoxy) is 1. The highest BCUT2D eigenvalue weighted by Gasteiger charge is 2.23. The summed E-state index contributed by atoms with van der Waals surface area (Å²) in [5, 5.41) is 13.9. The number of piperazine rings is 1. The Bertz CT molecular complexity index is 1190. The van der Waals surface area contributed by atoms with Crippen molar-refractivity contribution in [3.8, 4) is 0 Å². The van der Waals surface area contributed by atoms with Crippen LogP contribution < -0.4 is 5.32 Å². The van der Waals surface area contributed by atoms with E-state index in [-0.39, 0.29) is 18.3 Å². The van der Waals surface area contributed by atoms with Crippen LogP contribution >= 0.6 is 11.6 Å². The Morgan fingerprint density at radius 1 is 1.14 bits per heavy atom. The number of β-amino-alcohol motifs (C(OH)–C–C–N with tert-alkyl or cyclic N) is 1. The molecule has 2 aromatic carbocycles. The van der Waals surface area contributed by atoms with E-state index in [1.165, 1.54) is 12.1 Å². The average Bonchev–Trinajstić information content (AvgIpc) is 3.17. The van der Waals surface area contributed by atoms with E-state index in [2.05, 4.69) is 20.9 Å². The van der Waals surface area contributed by atoms with Crippen molar-refractivity contribution in [3.63, 3.8) is 0 Å². The number of aliphatic hydroxyl groups is 1. The van der Waals surface area contributed by atoms with Crippen LogP contribution in [0.3, 0.4) is 0 Å². The van der Waals surface area contributed by atoms with E-state index in [4.69, 9.17) is 16.3 Å². The van der Waals surface area contributed by atoms with Crippen molar-refractivity contribution < 1.29 is 19.0 Å². The summed E-state index contributed by atoms with van der Waals surface area (Å²) in [6.07, 6.45) is 0. The maximum atomic E-state index is 13.5.